The summed E-state index contributed by atoms with van der Waals surface area (Å²) in [6.45, 7) is 3.60. The van der Waals surface area contributed by atoms with Crippen molar-refractivity contribution in [2.24, 2.45) is 0 Å². The van der Waals surface area contributed by atoms with Gasteiger partial charge in [-0.2, -0.15) is 9.97 Å². The lowest BCUT2D eigenvalue weighted by atomic mass is 10.3. The molecule has 0 saturated carbocycles. The minimum atomic E-state index is -0.311. The number of hydrogen-bond acceptors (Lipinski definition) is 7. The van der Waals surface area contributed by atoms with E-state index in [0.717, 1.165) is 26.2 Å². The molecule has 1 aliphatic rings. The number of halogens is 1. The molecule has 3 heterocycles. The molecule has 1 saturated heterocycles. The zero-order valence-electron chi connectivity index (χ0n) is 13.9. The van der Waals surface area contributed by atoms with Crippen molar-refractivity contribution in [1.29, 1.82) is 0 Å². The van der Waals surface area contributed by atoms with Crippen molar-refractivity contribution < 1.29 is 4.39 Å². The number of fused-ring (bicyclic) bond motifs is 1. The van der Waals surface area contributed by atoms with Gasteiger partial charge in [0.25, 0.3) is 0 Å². The zero-order chi connectivity index (χ0) is 17.2. The average Bonchev–Trinajstić information content (AvgIpc) is 2.62. The molecular formula is C17H18FN7. The van der Waals surface area contributed by atoms with Crippen molar-refractivity contribution in [1.82, 2.24) is 24.8 Å². The standard InChI is InChI=1S/C17H18FN7/c1-24-7-9-25(10-8-24)17-22-15-14(19-5-6-20-15)16(23-17)21-13-4-2-3-12(18)11-13/h2-6,11H,7-10H2,1H3,(H,20,21,22,23). The maximum atomic E-state index is 13.5. The van der Waals surface area contributed by atoms with Crippen LogP contribution < -0.4 is 10.2 Å². The molecule has 1 fully saturated rings. The van der Waals surface area contributed by atoms with Gasteiger partial charge in [0.05, 0.1) is 0 Å². The highest BCUT2D eigenvalue weighted by molar-refractivity contribution is 5.85. The van der Waals surface area contributed by atoms with E-state index in [4.69, 9.17) is 0 Å². The van der Waals surface area contributed by atoms with Gasteiger partial charge in [-0.05, 0) is 25.2 Å². The highest BCUT2D eigenvalue weighted by Gasteiger charge is 2.19. The topological polar surface area (TPSA) is 70.1 Å². The van der Waals surface area contributed by atoms with E-state index in [-0.39, 0.29) is 5.82 Å². The average molecular weight is 339 g/mol. The Morgan fingerprint density at radius 1 is 1.04 bits per heavy atom. The molecule has 0 unspecified atom stereocenters. The SMILES string of the molecule is CN1CCN(c2nc(Nc3cccc(F)c3)c3nccnc3n2)CC1. The molecule has 1 aliphatic heterocycles. The second kappa shape index (κ2) is 6.56. The number of hydrogen-bond donors (Lipinski definition) is 1. The minimum Gasteiger partial charge on any atom is -0.338 e. The van der Waals surface area contributed by atoms with Crippen molar-refractivity contribution in [3.05, 3.63) is 42.5 Å². The lowest BCUT2D eigenvalue weighted by Gasteiger charge is -2.32. The molecule has 2 aromatic heterocycles. The number of anilines is 3. The fourth-order valence-corrected chi connectivity index (χ4v) is 2.79. The molecule has 128 valence electrons. The molecule has 4 rings (SSSR count). The van der Waals surface area contributed by atoms with Gasteiger partial charge in [-0.25, -0.2) is 14.4 Å². The summed E-state index contributed by atoms with van der Waals surface area (Å²) in [7, 11) is 2.10. The van der Waals surface area contributed by atoms with E-state index >= 15 is 0 Å². The first-order valence-electron chi connectivity index (χ1n) is 8.14. The molecule has 0 bridgehead atoms. The van der Waals surface area contributed by atoms with Crippen molar-refractivity contribution >= 4 is 28.6 Å². The number of nitrogens with zero attached hydrogens (tertiary/aromatic N) is 6. The van der Waals surface area contributed by atoms with Crippen molar-refractivity contribution in [3.63, 3.8) is 0 Å². The van der Waals surface area contributed by atoms with Gasteiger partial charge in [0, 0.05) is 44.3 Å². The number of rotatable bonds is 3. The van der Waals surface area contributed by atoms with Gasteiger partial charge in [0.1, 0.15) is 5.82 Å². The van der Waals surface area contributed by atoms with Crippen LogP contribution in [0.3, 0.4) is 0 Å². The van der Waals surface area contributed by atoms with Gasteiger partial charge >= 0.3 is 0 Å². The van der Waals surface area contributed by atoms with E-state index in [2.05, 4.69) is 42.1 Å². The Kier molecular flexibility index (Phi) is 4.10. The molecule has 1 N–H and O–H groups in total. The maximum Gasteiger partial charge on any atom is 0.229 e. The second-order valence-electron chi connectivity index (χ2n) is 6.03. The maximum absolute atomic E-state index is 13.5. The first-order chi connectivity index (χ1) is 12.2. The summed E-state index contributed by atoms with van der Waals surface area (Å²) < 4.78 is 13.5. The van der Waals surface area contributed by atoms with Gasteiger partial charge in [-0.3, -0.25) is 0 Å². The van der Waals surface area contributed by atoms with Crippen LogP contribution in [0.1, 0.15) is 0 Å². The van der Waals surface area contributed by atoms with Crippen LogP contribution in [0.2, 0.25) is 0 Å². The van der Waals surface area contributed by atoms with Gasteiger partial charge in [-0.15, -0.1) is 0 Å². The summed E-state index contributed by atoms with van der Waals surface area (Å²) in [5.41, 5.74) is 1.69. The molecule has 0 atom stereocenters. The monoisotopic (exact) mass is 339 g/mol. The van der Waals surface area contributed by atoms with Crippen LogP contribution in [-0.2, 0) is 0 Å². The van der Waals surface area contributed by atoms with E-state index in [1.165, 1.54) is 12.1 Å². The predicted molar refractivity (Wildman–Crippen MR) is 94.5 cm³/mol. The molecule has 0 aliphatic carbocycles. The van der Waals surface area contributed by atoms with Crippen LogP contribution in [0.25, 0.3) is 11.2 Å². The minimum absolute atomic E-state index is 0.311. The summed E-state index contributed by atoms with van der Waals surface area (Å²) in [6.07, 6.45) is 3.20. The number of benzene rings is 1. The summed E-state index contributed by atoms with van der Waals surface area (Å²) >= 11 is 0. The Morgan fingerprint density at radius 3 is 2.64 bits per heavy atom. The molecule has 25 heavy (non-hydrogen) atoms. The predicted octanol–water partition coefficient (Wildman–Crippen LogP) is 2.05. The molecule has 8 heteroatoms. The van der Waals surface area contributed by atoms with E-state index in [9.17, 15) is 4.39 Å². The Labute approximate surface area is 144 Å². The zero-order valence-corrected chi connectivity index (χ0v) is 13.9. The normalized spacial score (nSPS) is 15.5. The molecule has 0 amide bonds. The van der Waals surface area contributed by atoms with E-state index in [0.29, 0.717) is 28.6 Å². The molecule has 1 aromatic carbocycles. The number of piperazine rings is 1. The van der Waals surface area contributed by atoms with E-state index < -0.39 is 0 Å². The number of aromatic nitrogens is 4. The van der Waals surface area contributed by atoms with E-state index in [1.807, 2.05) is 0 Å². The number of nitrogens with one attached hydrogen (secondary N) is 1. The van der Waals surface area contributed by atoms with Crippen molar-refractivity contribution in [2.45, 2.75) is 0 Å². The van der Waals surface area contributed by atoms with Crippen LogP contribution in [0, 0.1) is 5.82 Å². The Morgan fingerprint density at radius 2 is 1.84 bits per heavy atom. The van der Waals surface area contributed by atoms with Crippen LogP contribution >= 0.6 is 0 Å². The third kappa shape index (κ3) is 3.34. The van der Waals surface area contributed by atoms with Gasteiger partial charge in [0.15, 0.2) is 17.0 Å². The lowest BCUT2D eigenvalue weighted by Crippen LogP contribution is -2.45. The fourth-order valence-electron chi connectivity index (χ4n) is 2.79. The molecule has 0 radical (unpaired) electrons. The Hall–Kier alpha value is -2.87. The number of likely N-dealkylation sites (N-methyl/N-ethyl adjacent to an activating group) is 1. The quantitative estimate of drug-likeness (QED) is 0.783. The Balaban J connectivity index is 1.73. The first kappa shape index (κ1) is 15.6. The van der Waals surface area contributed by atoms with Gasteiger partial charge in [0.2, 0.25) is 5.95 Å². The van der Waals surface area contributed by atoms with Gasteiger partial charge in [-0.1, -0.05) is 6.07 Å². The lowest BCUT2D eigenvalue weighted by molar-refractivity contribution is 0.311. The summed E-state index contributed by atoms with van der Waals surface area (Å²) in [4.78, 5) is 22.2. The molecule has 7 nitrogen and oxygen atoms in total. The molecule has 0 spiro atoms. The molecule has 3 aromatic rings. The Bertz CT molecular complexity index is 893. The third-order valence-corrected chi connectivity index (χ3v) is 4.19. The largest absolute Gasteiger partial charge is 0.338 e. The highest BCUT2D eigenvalue weighted by atomic mass is 19.1. The van der Waals surface area contributed by atoms with Crippen LogP contribution in [-0.4, -0.2) is 58.1 Å². The fraction of sp³-hybridized carbons (Fsp3) is 0.294. The third-order valence-electron chi connectivity index (χ3n) is 4.19. The summed E-state index contributed by atoms with van der Waals surface area (Å²) in [5.74, 6) is 0.825. The van der Waals surface area contributed by atoms with Crippen LogP contribution in [0.15, 0.2) is 36.7 Å². The van der Waals surface area contributed by atoms with Crippen molar-refractivity contribution in [3.8, 4) is 0 Å². The summed E-state index contributed by atoms with van der Waals surface area (Å²) in [5, 5.41) is 3.15. The van der Waals surface area contributed by atoms with Crippen molar-refractivity contribution in [2.75, 3.05) is 43.4 Å². The van der Waals surface area contributed by atoms with E-state index in [1.54, 1.807) is 24.5 Å². The smallest absolute Gasteiger partial charge is 0.229 e. The van der Waals surface area contributed by atoms with Crippen LogP contribution in [0.5, 0.6) is 0 Å². The van der Waals surface area contributed by atoms with Gasteiger partial charge < -0.3 is 15.1 Å². The molecular weight excluding hydrogens is 321 g/mol. The second-order valence-corrected chi connectivity index (χ2v) is 6.03. The van der Waals surface area contributed by atoms with Crippen LogP contribution in [0.4, 0.5) is 21.8 Å². The highest BCUT2D eigenvalue weighted by Crippen LogP contribution is 2.24. The first-order valence-corrected chi connectivity index (χ1v) is 8.14. The summed E-state index contributed by atoms with van der Waals surface area (Å²) in [6, 6.07) is 6.25.